The molecule has 0 radical (unpaired) electrons. The van der Waals surface area contributed by atoms with Crippen molar-refractivity contribution in [2.24, 2.45) is 5.92 Å². The van der Waals surface area contributed by atoms with Crippen LogP contribution in [0.1, 0.15) is 32.3 Å². The number of nitrogens with one attached hydrogen (secondary N) is 2. The largest absolute Gasteiger partial charge is 0.341 e. The van der Waals surface area contributed by atoms with Gasteiger partial charge in [-0.05, 0) is 43.4 Å². The number of carbonyl (C=O) groups excluding carboxylic acids is 1. The molecule has 2 N–H and O–H groups in total. The summed E-state index contributed by atoms with van der Waals surface area (Å²) in [5.74, 6) is 4.27. The first-order valence-electron chi connectivity index (χ1n) is 10.1. The number of hydrogen-bond acceptors (Lipinski definition) is 6. The minimum atomic E-state index is -0.282. The number of piperidine rings is 1. The normalized spacial score (nSPS) is 14.5. The monoisotopic (exact) mass is 420 g/mol. The molecule has 0 aliphatic carbocycles. The molecule has 7 nitrogen and oxygen atoms in total. The second-order valence-corrected chi connectivity index (χ2v) is 8.46. The van der Waals surface area contributed by atoms with Gasteiger partial charge < -0.3 is 10.2 Å². The van der Waals surface area contributed by atoms with Crippen molar-refractivity contribution < 1.29 is 4.79 Å². The molecule has 0 atom stereocenters. The maximum Gasteiger partial charge on any atom is 0.321 e. The van der Waals surface area contributed by atoms with Crippen molar-refractivity contribution >= 4 is 38.7 Å². The molecule has 1 aliphatic rings. The number of amides is 2. The summed E-state index contributed by atoms with van der Waals surface area (Å²) in [6, 6.07) is 3.61. The summed E-state index contributed by atoms with van der Waals surface area (Å²) in [4.78, 5) is 27.7. The summed E-state index contributed by atoms with van der Waals surface area (Å²) in [7, 11) is 0. The number of urea groups is 1. The maximum absolute atomic E-state index is 11.8. The Labute approximate surface area is 179 Å². The number of carbonyl (C=O) groups is 1. The van der Waals surface area contributed by atoms with E-state index < -0.39 is 0 Å². The molecule has 2 amide bonds. The molecule has 0 saturated carbocycles. The van der Waals surface area contributed by atoms with Crippen molar-refractivity contribution in [3.05, 3.63) is 30.1 Å². The Kier molecular flexibility index (Phi) is 5.81. The van der Waals surface area contributed by atoms with E-state index in [0.29, 0.717) is 11.7 Å². The van der Waals surface area contributed by atoms with Crippen LogP contribution < -0.4 is 15.5 Å². The van der Waals surface area contributed by atoms with Crippen molar-refractivity contribution in [1.82, 2.24) is 20.3 Å². The number of benzene rings is 1. The number of terminal acetylenes is 1. The zero-order chi connectivity index (χ0) is 21.1. The molecule has 2 aromatic heterocycles. The average Bonchev–Trinajstić information content (AvgIpc) is 3.16. The summed E-state index contributed by atoms with van der Waals surface area (Å²) in [5.41, 5.74) is 3.27. The lowest BCUT2D eigenvalue weighted by atomic mass is 10.00. The molecule has 1 aromatic carbocycles. The van der Waals surface area contributed by atoms with E-state index in [0.717, 1.165) is 51.9 Å². The first kappa shape index (κ1) is 20.1. The lowest BCUT2D eigenvalue weighted by molar-refractivity contribution is 0.252. The fourth-order valence-corrected chi connectivity index (χ4v) is 4.42. The van der Waals surface area contributed by atoms with Crippen LogP contribution in [0, 0.1) is 18.3 Å². The van der Waals surface area contributed by atoms with Crippen LogP contribution in [0.5, 0.6) is 0 Å². The topological polar surface area (TPSA) is 83.0 Å². The summed E-state index contributed by atoms with van der Waals surface area (Å²) < 4.78 is 0.869. The van der Waals surface area contributed by atoms with Gasteiger partial charge in [-0.25, -0.2) is 19.7 Å². The highest BCUT2D eigenvalue weighted by Crippen LogP contribution is 2.33. The van der Waals surface area contributed by atoms with E-state index in [1.54, 1.807) is 0 Å². The predicted molar refractivity (Wildman–Crippen MR) is 122 cm³/mol. The quantitative estimate of drug-likeness (QED) is 0.621. The number of rotatable bonds is 4. The zero-order valence-corrected chi connectivity index (χ0v) is 17.9. The minimum Gasteiger partial charge on any atom is -0.341 e. The van der Waals surface area contributed by atoms with E-state index in [4.69, 9.17) is 6.42 Å². The van der Waals surface area contributed by atoms with Crippen LogP contribution in [0.2, 0.25) is 0 Å². The van der Waals surface area contributed by atoms with Crippen LogP contribution >= 0.6 is 11.3 Å². The number of fused-ring (bicyclic) bond motifs is 1. The van der Waals surface area contributed by atoms with Crippen molar-refractivity contribution in [2.75, 3.05) is 29.9 Å². The SMILES string of the molecule is C#Cc1cc(-c2cnc(N3CCC(C)CC3)nc2)cc2nc(NC(=O)NCC)sc12. The Morgan fingerprint density at radius 1 is 1.27 bits per heavy atom. The Hall–Kier alpha value is -3.18. The molecule has 3 heterocycles. The first-order valence-corrected chi connectivity index (χ1v) is 10.9. The second-order valence-electron chi connectivity index (χ2n) is 7.46. The van der Waals surface area contributed by atoms with Crippen LogP contribution in [0.4, 0.5) is 15.9 Å². The highest BCUT2D eigenvalue weighted by atomic mass is 32.1. The molecule has 0 unspecified atom stereocenters. The smallest absolute Gasteiger partial charge is 0.321 e. The van der Waals surface area contributed by atoms with Crippen LogP contribution in [-0.2, 0) is 0 Å². The van der Waals surface area contributed by atoms with Gasteiger partial charge in [-0.3, -0.25) is 5.32 Å². The van der Waals surface area contributed by atoms with Crippen molar-refractivity contribution in [3.63, 3.8) is 0 Å². The van der Waals surface area contributed by atoms with Gasteiger partial charge in [0.25, 0.3) is 0 Å². The van der Waals surface area contributed by atoms with Gasteiger partial charge in [0.1, 0.15) is 0 Å². The second kappa shape index (κ2) is 8.67. The molecule has 4 rings (SSSR count). The molecule has 1 saturated heterocycles. The number of aromatic nitrogens is 3. The number of thiazole rings is 1. The van der Waals surface area contributed by atoms with E-state index >= 15 is 0 Å². The van der Waals surface area contributed by atoms with Crippen molar-refractivity contribution in [1.29, 1.82) is 0 Å². The van der Waals surface area contributed by atoms with Crippen LogP contribution in [0.25, 0.3) is 21.3 Å². The van der Waals surface area contributed by atoms with E-state index in [-0.39, 0.29) is 6.03 Å². The highest BCUT2D eigenvalue weighted by molar-refractivity contribution is 7.22. The van der Waals surface area contributed by atoms with Gasteiger partial charge in [0.2, 0.25) is 5.95 Å². The summed E-state index contributed by atoms with van der Waals surface area (Å²) in [6.45, 7) is 6.68. The van der Waals surface area contributed by atoms with E-state index in [2.05, 4.69) is 43.3 Å². The maximum atomic E-state index is 11.8. The fourth-order valence-electron chi connectivity index (χ4n) is 3.50. The van der Waals surface area contributed by atoms with E-state index in [9.17, 15) is 4.79 Å². The zero-order valence-electron chi connectivity index (χ0n) is 17.1. The van der Waals surface area contributed by atoms with E-state index in [1.807, 2.05) is 31.5 Å². The first-order chi connectivity index (χ1) is 14.6. The standard InChI is InChI=1S/C22H24N6OS/c1-4-15-10-16(11-18-19(15)30-22(26-18)27-21(29)23-5-2)17-12-24-20(25-13-17)28-8-6-14(3)7-9-28/h1,10-14H,5-9H2,2-3H3,(H2,23,26,27,29). The van der Waals surface area contributed by atoms with Crippen LogP contribution in [-0.4, -0.2) is 40.6 Å². The van der Waals surface area contributed by atoms with Gasteiger partial charge in [0, 0.05) is 43.2 Å². The third kappa shape index (κ3) is 4.21. The molecule has 0 bridgehead atoms. The molecule has 1 aliphatic heterocycles. The van der Waals surface area contributed by atoms with Crippen LogP contribution in [0.15, 0.2) is 24.5 Å². The molecule has 1 fully saturated rings. The summed E-state index contributed by atoms with van der Waals surface area (Å²) in [6.07, 6.45) is 11.8. The van der Waals surface area contributed by atoms with Crippen LogP contribution in [0.3, 0.4) is 0 Å². The van der Waals surface area contributed by atoms with Gasteiger partial charge >= 0.3 is 6.03 Å². The highest BCUT2D eigenvalue weighted by Gasteiger charge is 2.18. The van der Waals surface area contributed by atoms with Gasteiger partial charge in [0.05, 0.1) is 10.2 Å². The van der Waals surface area contributed by atoms with Gasteiger partial charge in [-0.15, -0.1) is 6.42 Å². The Bertz CT molecular complexity index is 1090. The number of anilines is 2. The number of hydrogen-bond donors (Lipinski definition) is 2. The predicted octanol–water partition coefficient (Wildman–Crippen LogP) is 4.11. The molecule has 0 spiro atoms. The summed E-state index contributed by atoms with van der Waals surface area (Å²) >= 11 is 1.36. The van der Waals surface area contributed by atoms with Crippen molar-refractivity contribution in [3.8, 4) is 23.5 Å². The van der Waals surface area contributed by atoms with Gasteiger partial charge in [0.15, 0.2) is 5.13 Å². The molecule has 30 heavy (non-hydrogen) atoms. The lowest BCUT2D eigenvalue weighted by Gasteiger charge is -2.30. The molecule has 8 heteroatoms. The number of nitrogens with zero attached hydrogens (tertiary/aromatic N) is 4. The Balaban J connectivity index is 1.60. The molecular weight excluding hydrogens is 396 g/mol. The van der Waals surface area contributed by atoms with E-state index in [1.165, 1.54) is 24.2 Å². The third-order valence-electron chi connectivity index (χ3n) is 5.24. The fraction of sp³-hybridized carbons (Fsp3) is 0.364. The summed E-state index contributed by atoms with van der Waals surface area (Å²) in [5, 5.41) is 5.95. The molecule has 154 valence electrons. The Morgan fingerprint density at radius 2 is 2.00 bits per heavy atom. The molecule has 3 aromatic rings. The van der Waals surface area contributed by atoms with Gasteiger partial charge in [-0.1, -0.05) is 24.2 Å². The van der Waals surface area contributed by atoms with Crippen molar-refractivity contribution in [2.45, 2.75) is 26.7 Å². The van der Waals surface area contributed by atoms with Gasteiger partial charge in [-0.2, -0.15) is 0 Å². The minimum absolute atomic E-state index is 0.282. The molecular formula is C22H24N6OS. The lowest BCUT2D eigenvalue weighted by Crippen LogP contribution is -2.33. The Morgan fingerprint density at radius 3 is 2.67 bits per heavy atom. The average molecular weight is 421 g/mol. The third-order valence-corrected chi connectivity index (χ3v) is 6.26.